The molecule has 21 heavy (non-hydrogen) atoms. The van der Waals surface area contributed by atoms with Gasteiger partial charge in [0, 0.05) is 26.2 Å². The lowest BCUT2D eigenvalue weighted by molar-refractivity contribution is -0.206. The van der Waals surface area contributed by atoms with E-state index >= 15 is 0 Å². The van der Waals surface area contributed by atoms with E-state index in [1.165, 1.54) is 13.8 Å². The van der Waals surface area contributed by atoms with Crippen LogP contribution in [0.15, 0.2) is 0 Å². The second-order valence-electron chi connectivity index (χ2n) is 5.50. The fourth-order valence-corrected chi connectivity index (χ4v) is 2.65. The van der Waals surface area contributed by atoms with Gasteiger partial charge in [0.1, 0.15) is 18.8 Å². The molecule has 0 amide bonds. The van der Waals surface area contributed by atoms with E-state index in [4.69, 9.17) is 19.5 Å². The molecule has 1 aliphatic heterocycles. The normalized spacial score (nSPS) is 32.0. The summed E-state index contributed by atoms with van der Waals surface area (Å²) in [5, 5.41) is 8.72. The van der Waals surface area contributed by atoms with Crippen LogP contribution in [0.1, 0.15) is 40.5 Å². The molecular weight excluding hydrogens is 274 g/mol. The summed E-state index contributed by atoms with van der Waals surface area (Å²) >= 11 is 0. The van der Waals surface area contributed by atoms with Gasteiger partial charge in [0.05, 0.1) is 12.2 Å². The summed E-state index contributed by atoms with van der Waals surface area (Å²) in [6.45, 7) is 6.73. The van der Waals surface area contributed by atoms with Gasteiger partial charge in [-0.05, 0) is 12.3 Å². The lowest BCUT2D eigenvalue weighted by Crippen LogP contribution is -2.52. The van der Waals surface area contributed by atoms with Gasteiger partial charge < -0.3 is 14.2 Å². The summed E-state index contributed by atoms with van der Waals surface area (Å²) in [6, 6.07) is 2.11. The third-order valence-corrected chi connectivity index (χ3v) is 3.94. The average molecular weight is 297 g/mol. The summed E-state index contributed by atoms with van der Waals surface area (Å²) in [7, 11) is 0. The number of ether oxygens (including phenoxy) is 3. The summed E-state index contributed by atoms with van der Waals surface area (Å²) in [5.41, 5.74) is 0. The van der Waals surface area contributed by atoms with Crippen LogP contribution in [-0.2, 0) is 23.8 Å². The van der Waals surface area contributed by atoms with E-state index in [-0.39, 0.29) is 30.5 Å². The molecule has 1 rings (SSSR count). The Bertz CT molecular complexity index is 417. The average Bonchev–Trinajstić information content (AvgIpc) is 2.41. The molecule has 0 bridgehead atoms. The van der Waals surface area contributed by atoms with Gasteiger partial charge in [0.2, 0.25) is 0 Å². The second kappa shape index (κ2) is 7.99. The zero-order valence-electron chi connectivity index (χ0n) is 13.0. The Labute approximate surface area is 125 Å². The van der Waals surface area contributed by atoms with Crippen LogP contribution in [0.5, 0.6) is 0 Å². The van der Waals surface area contributed by atoms with Gasteiger partial charge in [-0.1, -0.05) is 13.8 Å². The monoisotopic (exact) mass is 297 g/mol. The van der Waals surface area contributed by atoms with Gasteiger partial charge in [0.15, 0.2) is 0 Å². The molecule has 1 saturated heterocycles. The highest BCUT2D eigenvalue weighted by Gasteiger charge is 2.43. The Morgan fingerprint density at radius 3 is 2.33 bits per heavy atom. The lowest BCUT2D eigenvalue weighted by atomic mass is 9.80. The van der Waals surface area contributed by atoms with E-state index < -0.39 is 18.2 Å². The molecule has 5 atom stereocenters. The molecule has 0 radical (unpaired) electrons. The predicted octanol–water partition coefficient (Wildman–Crippen LogP) is 1.82. The van der Waals surface area contributed by atoms with E-state index in [0.717, 1.165) is 0 Å². The standard InChI is InChI=1S/C15H23NO5/c1-9-10(2)15(20-12(4)18)14(8-19-11(3)17)21-13(9)6-5-7-16/h9-10,13-15H,5-6,8H2,1-4H3/t9-,10+,13+,14+,15-/m0/s1. The Hall–Kier alpha value is -1.61. The molecule has 0 unspecified atom stereocenters. The first-order chi connectivity index (χ1) is 9.86. The number of rotatable bonds is 5. The minimum Gasteiger partial charge on any atom is -0.463 e. The van der Waals surface area contributed by atoms with Crippen LogP contribution in [0.4, 0.5) is 0 Å². The topological polar surface area (TPSA) is 85.6 Å². The van der Waals surface area contributed by atoms with Gasteiger partial charge in [-0.15, -0.1) is 0 Å². The number of carbonyl (C=O) groups excluding carboxylic acids is 2. The number of nitrogens with zero attached hydrogens (tertiary/aromatic N) is 1. The predicted molar refractivity (Wildman–Crippen MR) is 74.0 cm³/mol. The van der Waals surface area contributed by atoms with Gasteiger partial charge in [0.25, 0.3) is 0 Å². The first-order valence-electron chi connectivity index (χ1n) is 7.19. The molecule has 0 aromatic rings. The lowest BCUT2D eigenvalue weighted by Gasteiger charge is -2.43. The minimum atomic E-state index is -0.493. The number of carbonyl (C=O) groups is 2. The highest BCUT2D eigenvalue weighted by Crippen LogP contribution is 2.34. The third kappa shape index (κ3) is 5.01. The number of esters is 2. The molecule has 1 fully saturated rings. The Kier molecular flexibility index (Phi) is 6.63. The molecule has 0 aromatic carbocycles. The van der Waals surface area contributed by atoms with Gasteiger partial charge >= 0.3 is 11.9 Å². The Morgan fingerprint density at radius 1 is 1.14 bits per heavy atom. The number of hydrogen-bond donors (Lipinski definition) is 0. The van der Waals surface area contributed by atoms with E-state index in [2.05, 4.69) is 6.07 Å². The van der Waals surface area contributed by atoms with Crippen molar-refractivity contribution in [3.05, 3.63) is 0 Å². The fourth-order valence-electron chi connectivity index (χ4n) is 2.65. The van der Waals surface area contributed by atoms with Crippen molar-refractivity contribution in [2.45, 2.75) is 58.8 Å². The van der Waals surface area contributed by atoms with Crippen LogP contribution in [0.2, 0.25) is 0 Å². The SMILES string of the molecule is CC(=O)OC[C@H]1O[C@H](CCC#N)[C@@H](C)[C@@H](C)[C@@H]1OC(C)=O. The molecule has 0 aliphatic carbocycles. The molecule has 118 valence electrons. The molecule has 6 nitrogen and oxygen atoms in total. The van der Waals surface area contributed by atoms with Crippen LogP contribution in [0.3, 0.4) is 0 Å². The van der Waals surface area contributed by atoms with Gasteiger partial charge in [-0.25, -0.2) is 0 Å². The molecule has 0 saturated carbocycles. The van der Waals surface area contributed by atoms with Crippen LogP contribution in [-0.4, -0.2) is 36.9 Å². The van der Waals surface area contributed by atoms with Crippen molar-refractivity contribution < 1.29 is 23.8 Å². The van der Waals surface area contributed by atoms with Crippen molar-refractivity contribution in [1.82, 2.24) is 0 Å². The van der Waals surface area contributed by atoms with Crippen LogP contribution in [0, 0.1) is 23.2 Å². The van der Waals surface area contributed by atoms with E-state index in [1.807, 2.05) is 13.8 Å². The van der Waals surface area contributed by atoms with E-state index in [9.17, 15) is 9.59 Å². The number of nitriles is 1. The molecule has 1 aliphatic rings. The van der Waals surface area contributed by atoms with Crippen LogP contribution >= 0.6 is 0 Å². The summed E-state index contributed by atoms with van der Waals surface area (Å²) in [6.07, 6.45) is -0.0269. The first-order valence-corrected chi connectivity index (χ1v) is 7.19. The summed E-state index contributed by atoms with van der Waals surface area (Å²) in [4.78, 5) is 22.3. The maximum absolute atomic E-state index is 11.3. The maximum atomic E-state index is 11.3. The summed E-state index contributed by atoms with van der Waals surface area (Å²) in [5.74, 6) is -0.575. The zero-order chi connectivity index (χ0) is 16.0. The Morgan fingerprint density at radius 2 is 1.81 bits per heavy atom. The van der Waals surface area contributed by atoms with Gasteiger partial charge in [-0.2, -0.15) is 5.26 Å². The van der Waals surface area contributed by atoms with Crippen molar-refractivity contribution in [3.63, 3.8) is 0 Å². The van der Waals surface area contributed by atoms with E-state index in [0.29, 0.717) is 12.8 Å². The second-order valence-corrected chi connectivity index (χ2v) is 5.50. The minimum absolute atomic E-state index is 0.0490. The quantitative estimate of drug-likeness (QED) is 0.720. The smallest absolute Gasteiger partial charge is 0.303 e. The van der Waals surface area contributed by atoms with Crippen molar-refractivity contribution in [2.75, 3.05) is 6.61 Å². The fraction of sp³-hybridized carbons (Fsp3) is 0.800. The van der Waals surface area contributed by atoms with Crippen molar-refractivity contribution in [3.8, 4) is 6.07 Å². The molecule has 0 aromatic heterocycles. The van der Waals surface area contributed by atoms with Crippen molar-refractivity contribution in [2.24, 2.45) is 11.8 Å². The molecule has 1 heterocycles. The molecule has 0 spiro atoms. The molecule has 0 N–H and O–H groups in total. The zero-order valence-corrected chi connectivity index (χ0v) is 13.0. The highest BCUT2D eigenvalue weighted by molar-refractivity contribution is 5.66. The Balaban J connectivity index is 2.82. The highest BCUT2D eigenvalue weighted by atomic mass is 16.6. The van der Waals surface area contributed by atoms with Crippen molar-refractivity contribution >= 4 is 11.9 Å². The van der Waals surface area contributed by atoms with Crippen LogP contribution in [0.25, 0.3) is 0 Å². The first kappa shape index (κ1) is 17.4. The number of hydrogen-bond acceptors (Lipinski definition) is 6. The summed E-state index contributed by atoms with van der Waals surface area (Å²) < 4.78 is 16.3. The van der Waals surface area contributed by atoms with Crippen LogP contribution < -0.4 is 0 Å². The van der Waals surface area contributed by atoms with E-state index in [1.54, 1.807) is 0 Å². The molecular formula is C15H23NO5. The largest absolute Gasteiger partial charge is 0.463 e. The maximum Gasteiger partial charge on any atom is 0.303 e. The molecule has 6 heteroatoms. The third-order valence-electron chi connectivity index (χ3n) is 3.94. The van der Waals surface area contributed by atoms with Gasteiger partial charge in [-0.3, -0.25) is 9.59 Å². The van der Waals surface area contributed by atoms with Crippen molar-refractivity contribution in [1.29, 1.82) is 5.26 Å².